The number of hydrogen-bond acceptors (Lipinski definition) is 2. The van der Waals surface area contributed by atoms with Crippen molar-refractivity contribution in [3.05, 3.63) is 28.8 Å². The van der Waals surface area contributed by atoms with Crippen LogP contribution in [0, 0.1) is 13.8 Å². The van der Waals surface area contributed by atoms with E-state index in [4.69, 9.17) is 4.74 Å². The summed E-state index contributed by atoms with van der Waals surface area (Å²) in [5.74, 6) is 1.07. The Balaban J connectivity index is 3.15. The van der Waals surface area contributed by atoms with Crippen LogP contribution in [0.25, 0.3) is 0 Å². The Kier molecular flexibility index (Phi) is 3.75. The molecule has 1 aromatic rings. The molecular formula is C13H20O2. The van der Waals surface area contributed by atoms with Gasteiger partial charge in [-0.2, -0.15) is 0 Å². The second-order valence-electron chi connectivity index (χ2n) is 4.21. The summed E-state index contributed by atoms with van der Waals surface area (Å²) in [4.78, 5) is 0. The molecule has 84 valence electrons. The fourth-order valence-electron chi connectivity index (χ4n) is 1.78. The average molecular weight is 208 g/mol. The van der Waals surface area contributed by atoms with E-state index in [1.54, 1.807) is 7.11 Å². The number of benzene rings is 1. The molecule has 0 fully saturated rings. The molecule has 0 radical (unpaired) electrons. The molecule has 2 unspecified atom stereocenters. The lowest BCUT2D eigenvalue weighted by atomic mass is 9.91. The van der Waals surface area contributed by atoms with Crippen LogP contribution in [-0.4, -0.2) is 18.3 Å². The number of methoxy groups -OCH3 is 1. The van der Waals surface area contributed by atoms with Gasteiger partial charge in [-0.15, -0.1) is 0 Å². The zero-order valence-corrected chi connectivity index (χ0v) is 10.2. The van der Waals surface area contributed by atoms with Gasteiger partial charge in [-0.05, 0) is 43.5 Å². The Morgan fingerprint density at radius 2 is 1.73 bits per heavy atom. The molecule has 0 bridgehead atoms. The van der Waals surface area contributed by atoms with E-state index in [1.807, 2.05) is 26.8 Å². The van der Waals surface area contributed by atoms with Crippen LogP contribution in [0.1, 0.15) is 36.5 Å². The van der Waals surface area contributed by atoms with Crippen LogP contribution in [0.3, 0.4) is 0 Å². The molecule has 0 heterocycles. The first-order chi connectivity index (χ1) is 6.97. The SMILES string of the molecule is COc1cc(C)c(C(C)C(C)O)cc1C. The van der Waals surface area contributed by atoms with E-state index >= 15 is 0 Å². The van der Waals surface area contributed by atoms with Crippen LogP contribution in [0.2, 0.25) is 0 Å². The number of aliphatic hydroxyl groups is 1. The van der Waals surface area contributed by atoms with Crippen molar-refractivity contribution < 1.29 is 9.84 Å². The number of aryl methyl sites for hydroxylation is 2. The molecule has 0 aliphatic heterocycles. The van der Waals surface area contributed by atoms with Crippen molar-refractivity contribution in [3.63, 3.8) is 0 Å². The van der Waals surface area contributed by atoms with Gasteiger partial charge in [0.25, 0.3) is 0 Å². The summed E-state index contributed by atoms with van der Waals surface area (Å²) in [6.45, 7) is 7.94. The Morgan fingerprint density at radius 1 is 1.13 bits per heavy atom. The van der Waals surface area contributed by atoms with E-state index in [1.165, 1.54) is 11.1 Å². The fraction of sp³-hybridized carbons (Fsp3) is 0.538. The minimum atomic E-state index is -0.323. The standard InChI is InChI=1S/C13H20O2/c1-8-7-13(15-5)9(2)6-12(8)10(3)11(4)14/h6-7,10-11,14H,1-5H3. The second kappa shape index (κ2) is 4.67. The van der Waals surface area contributed by atoms with Crippen molar-refractivity contribution >= 4 is 0 Å². The predicted molar refractivity (Wildman–Crippen MR) is 62.6 cm³/mol. The summed E-state index contributed by atoms with van der Waals surface area (Å²) in [6.07, 6.45) is -0.323. The molecule has 15 heavy (non-hydrogen) atoms. The van der Waals surface area contributed by atoms with Crippen LogP contribution in [0.4, 0.5) is 0 Å². The first kappa shape index (κ1) is 12.1. The van der Waals surface area contributed by atoms with E-state index in [-0.39, 0.29) is 12.0 Å². The van der Waals surface area contributed by atoms with E-state index in [0.717, 1.165) is 11.3 Å². The number of hydrogen-bond donors (Lipinski definition) is 1. The lowest BCUT2D eigenvalue weighted by Crippen LogP contribution is -2.12. The quantitative estimate of drug-likeness (QED) is 0.827. The maximum absolute atomic E-state index is 9.58. The highest BCUT2D eigenvalue weighted by Crippen LogP contribution is 2.29. The van der Waals surface area contributed by atoms with Crippen LogP contribution in [0.5, 0.6) is 5.75 Å². The zero-order valence-electron chi connectivity index (χ0n) is 10.2. The third kappa shape index (κ3) is 2.51. The Hall–Kier alpha value is -1.02. The molecule has 1 N–H and O–H groups in total. The minimum Gasteiger partial charge on any atom is -0.496 e. The molecule has 2 atom stereocenters. The summed E-state index contributed by atoms with van der Waals surface area (Å²) in [6, 6.07) is 4.13. The van der Waals surface area contributed by atoms with Crippen molar-refractivity contribution in [3.8, 4) is 5.75 Å². The maximum Gasteiger partial charge on any atom is 0.122 e. The van der Waals surface area contributed by atoms with Gasteiger partial charge in [0, 0.05) is 5.92 Å². The Morgan fingerprint density at radius 3 is 2.20 bits per heavy atom. The van der Waals surface area contributed by atoms with Gasteiger partial charge in [0.1, 0.15) is 5.75 Å². The molecule has 1 aromatic carbocycles. The minimum absolute atomic E-state index is 0.162. The number of aliphatic hydroxyl groups excluding tert-OH is 1. The van der Waals surface area contributed by atoms with Crippen molar-refractivity contribution in [2.24, 2.45) is 0 Å². The number of ether oxygens (including phenoxy) is 1. The van der Waals surface area contributed by atoms with Gasteiger partial charge < -0.3 is 9.84 Å². The Labute approximate surface area is 91.9 Å². The van der Waals surface area contributed by atoms with Crippen LogP contribution in [0.15, 0.2) is 12.1 Å². The summed E-state index contributed by atoms with van der Waals surface area (Å²) in [5, 5.41) is 9.58. The highest BCUT2D eigenvalue weighted by Gasteiger charge is 2.15. The van der Waals surface area contributed by atoms with Gasteiger partial charge >= 0.3 is 0 Å². The van der Waals surface area contributed by atoms with E-state index in [9.17, 15) is 5.11 Å². The van der Waals surface area contributed by atoms with Gasteiger partial charge in [-0.3, -0.25) is 0 Å². The van der Waals surface area contributed by atoms with E-state index < -0.39 is 0 Å². The lowest BCUT2D eigenvalue weighted by molar-refractivity contribution is 0.168. The lowest BCUT2D eigenvalue weighted by Gasteiger charge is -2.19. The Bertz CT molecular complexity index is 343. The summed E-state index contributed by atoms with van der Waals surface area (Å²) >= 11 is 0. The molecule has 0 aromatic heterocycles. The number of rotatable bonds is 3. The molecular weight excluding hydrogens is 188 g/mol. The maximum atomic E-state index is 9.58. The van der Waals surface area contributed by atoms with Gasteiger partial charge in [0.05, 0.1) is 13.2 Å². The van der Waals surface area contributed by atoms with Crippen molar-refractivity contribution in [1.82, 2.24) is 0 Å². The predicted octanol–water partition coefficient (Wildman–Crippen LogP) is 2.80. The fourth-order valence-corrected chi connectivity index (χ4v) is 1.78. The molecule has 2 heteroatoms. The third-order valence-electron chi connectivity index (χ3n) is 3.00. The zero-order chi connectivity index (χ0) is 11.6. The highest BCUT2D eigenvalue weighted by atomic mass is 16.5. The molecule has 1 rings (SSSR count). The van der Waals surface area contributed by atoms with Gasteiger partial charge in [-0.1, -0.05) is 13.0 Å². The van der Waals surface area contributed by atoms with Gasteiger partial charge in [0.15, 0.2) is 0 Å². The molecule has 0 saturated heterocycles. The van der Waals surface area contributed by atoms with Crippen molar-refractivity contribution in [1.29, 1.82) is 0 Å². The normalized spacial score (nSPS) is 14.8. The second-order valence-corrected chi connectivity index (χ2v) is 4.21. The largest absolute Gasteiger partial charge is 0.496 e. The molecule has 0 aliphatic carbocycles. The summed E-state index contributed by atoms with van der Waals surface area (Å²) < 4.78 is 5.26. The topological polar surface area (TPSA) is 29.5 Å². The average Bonchev–Trinajstić information content (AvgIpc) is 2.19. The molecule has 2 nitrogen and oxygen atoms in total. The third-order valence-corrected chi connectivity index (χ3v) is 3.00. The van der Waals surface area contributed by atoms with Crippen molar-refractivity contribution in [2.75, 3.05) is 7.11 Å². The van der Waals surface area contributed by atoms with Gasteiger partial charge in [-0.25, -0.2) is 0 Å². The first-order valence-corrected chi connectivity index (χ1v) is 5.30. The van der Waals surface area contributed by atoms with E-state index in [0.29, 0.717) is 0 Å². The van der Waals surface area contributed by atoms with Crippen LogP contribution >= 0.6 is 0 Å². The molecule has 0 spiro atoms. The summed E-state index contributed by atoms with van der Waals surface area (Å²) in [7, 11) is 1.68. The van der Waals surface area contributed by atoms with E-state index in [2.05, 4.69) is 13.0 Å². The van der Waals surface area contributed by atoms with Crippen LogP contribution < -0.4 is 4.74 Å². The summed E-state index contributed by atoms with van der Waals surface area (Å²) in [5.41, 5.74) is 3.49. The highest BCUT2D eigenvalue weighted by molar-refractivity contribution is 5.43. The molecule has 0 saturated carbocycles. The smallest absolute Gasteiger partial charge is 0.122 e. The monoisotopic (exact) mass is 208 g/mol. The molecule has 0 amide bonds. The first-order valence-electron chi connectivity index (χ1n) is 5.30. The van der Waals surface area contributed by atoms with Crippen LogP contribution in [-0.2, 0) is 0 Å². The van der Waals surface area contributed by atoms with Crippen molar-refractivity contribution in [2.45, 2.75) is 39.7 Å². The molecule has 0 aliphatic rings. The van der Waals surface area contributed by atoms with Gasteiger partial charge in [0.2, 0.25) is 0 Å².